The largest absolute Gasteiger partial charge is 0.493 e. The van der Waals surface area contributed by atoms with E-state index < -0.39 is 0 Å². The first kappa shape index (κ1) is 21.2. The minimum absolute atomic E-state index is 0.0580. The van der Waals surface area contributed by atoms with Gasteiger partial charge in [-0.2, -0.15) is 0 Å². The van der Waals surface area contributed by atoms with Crippen LogP contribution in [-0.4, -0.2) is 75.4 Å². The highest BCUT2D eigenvalue weighted by atomic mass is 16.6. The van der Waals surface area contributed by atoms with Gasteiger partial charge in [0, 0.05) is 37.9 Å². The lowest BCUT2D eigenvalue weighted by molar-refractivity contribution is -0.132. The van der Waals surface area contributed by atoms with Crippen molar-refractivity contribution in [1.29, 1.82) is 0 Å². The monoisotopic (exact) mass is 453 g/mol. The molecular formula is C24H27N3O6. The fraction of sp³-hybridized carbons (Fsp3) is 0.417. The minimum atomic E-state index is -0.177. The number of carbonyl (C=O) groups is 2. The van der Waals surface area contributed by atoms with Crippen molar-refractivity contribution in [2.75, 3.05) is 58.5 Å². The topological polar surface area (TPSA) is 80.8 Å². The van der Waals surface area contributed by atoms with Crippen molar-refractivity contribution < 1.29 is 28.5 Å². The molecule has 1 fully saturated rings. The molecule has 2 aromatic carbocycles. The first-order valence-electron chi connectivity index (χ1n) is 11.0. The van der Waals surface area contributed by atoms with Crippen molar-refractivity contribution in [2.45, 2.75) is 13.0 Å². The van der Waals surface area contributed by atoms with Crippen LogP contribution in [0.2, 0.25) is 0 Å². The zero-order chi connectivity index (χ0) is 22.9. The highest BCUT2D eigenvalue weighted by molar-refractivity contribution is 5.96. The number of benzene rings is 2. The fourth-order valence-electron chi connectivity index (χ4n) is 4.53. The number of urea groups is 1. The molecule has 1 saturated heterocycles. The second-order valence-electron chi connectivity index (χ2n) is 8.22. The Labute approximate surface area is 192 Å². The summed E-state index contributed by atoms with van der Waals surface area (Å²) in [6.45, 7) is 3.18. The third-order valence-electron chi connectivity index (χ3n) is 6.33. The number of carbonyl (C=O) groups excluding carboxylic acids is 2. The van der Waals surface area contributed by atoms with Gasteiger partial charge in [0.1, 0.15) is 19.8 Å². The minimum Gasteiger partial charge on any atom is -0.493 e. The Hall–Kier alpha value is -3.62. The molecule has 9 nitrogen and oxygen atoms in total. The number of hydrogen-bond acceptors (Lipinski definition) is 6. The van der Waals surface area contributed by atoms with Crippen molar-refractivity contribution in [3.63, 3.8) is 0 Å². The van der Waals surface area contributed by atoms with Crippen LogP contribution < -0.4 is 23.8 Å². The van der Waals surface area contributed by atoms with E-state index >= 15 is 0 Å². The van der Waals surface area contributed by atoms with Crippen LogP contribution in [0.1, 0.15) is 11.1 Å². The molecule has 0 bridgehead atoms. The van der Waals surface area contributed by atoms with E-state index in [9.17, 15) is 9.59 Å². The first-order chi connectivity index (χ1) is 16.1. The molecule has 0 saturated carbocycles. The van der Waals surface area contributed by atoms with E-state index in [1.165, 1.54) is 0 Å². The molecule has 0 N–H and O–H groups in total. The Balaban J connectivity index is 1.24. The van der Waals surface area contributed by atoms with Gasteiger partial charge in [-0.3, -0.25) is 9.69 Å². The van der Waals surface area contributed by atoms with Gasteiger partial charge in [0.2, 0.25) is 5.91 Å². The second-order valence-corrected chi connectivity index (χ2v) is 8.22. The van der Waals surface area contributed by atoms with E-state index in [0.717, 1.165) is 23.2 Å². The molecule has 0 unspecified atom stereocenters. The van der Waals surface area contributed by atoms with Crippen molar-refractivity contribution in [2.24, 2.45) is 0 Å². The van der Waals surface area contributed by atoms with Crippen LogP contribution in [0.5, 0.6) is 23.0 Å². The summed E-state index contributed by atoms with van der Waals surface area (Å²) in [7, 11) is 3.21. The predicted octanol–water partition coefficient (Wildman–Crippen LogP) is 2.30. The maximum absolute atomic E-state index is 13.0. The normalized spacial score (nSPS) is 17.2. The molecule has 0 atom stereocenters. The van der Waals surface area contributed by atoms with E-state index in [1.807, 2.05) is 30.3 Å². The van der Waals surface area contributed by atoms with E-state index in [4.69, 9.17) is 18.9 Å². The molecule has 9 heteroatoms. The molecule has 174 valence electrons. The van der Waals surface area contributed by atoms with Crippen LogP contribution in [0.4, 0.5) is 10.5 Å². The van der Waals surface area contributed by atoms with Gasteiger partial charge >= 0.3 is 6.03 Å². The number of fused-ring (bicyclic) bond motifs is 2. The summed E-state index contributed by atoms with van der Waals surface area (Å²) in [5.41, 5.74) is 2.93. The summed E-state index contributed by atoms with van der Waals surface area (Å²) in [5, 5.41) is 0. The predicted molar refractivity (Wildman–Crippen MR) is 120 cm³/mol. The summed E-state index contributed by atoms with van der Waals surface area (Å²) in [6, 6.07) is 9.22. The molecule has 0 spiro atoms. The Morgan fingerprint density at radius 1 is 0.939 bits per heavy atom. The third kappa shape index (κ3) is 3.99. The van der Waals surface area contributed by atoms with Crippen LogP contribution in [0.15, 0.2) is 30.3 Å². The van der Waals surface area contributed by atoms with Gasteiger partial charge in [0.25, 0.3) is 0 Å². The summed E-state index contributed by atoms with van der Waals surface area (Å²) < 4.78 is 22.0. The molecule has 3 heterocycles. The average molecular weight is 453 g/mol. The summed E-state index contributed by atoms with van der Waals surface area (Å²) >= 11 is 0. The molecule has 3 aliphatic rings. The zero-order valence-corrected chi connectivity index (χ0v) is 18.8. The van der Waals surface area contributed by atoms with Gasteiger partial charge in [0.15, 0.2) is 23.0 Å². The Kier molecular flexibility index (Phi) is 5.62. The number of amides is 3. The van der Waals surface area contributed by atoms with Gasteiger partial charge in [-0.25, -0.2) is 4.79 Å². The van der Waals surface area contributed by atoms with Gasteiger partial charge < -0.3 is 28.7 Å². The molecule has 0 aliphatic carbocycles. The summed E-state index contributed by atoms with van der Waals surface area (Å²) in [4.78, 5) is 31.1. The highest BCUT2D eigenvalue weighted by Crippen LogP contribution is 2.35. The van der Waals surface area contributed by atoms with Crippen LogP contribution >= 0.6 is 0 Å². The second kappa shape index (κ2) is 8.73. The molecule has 5 rings (SSSR count). The fourth-order valence-corrected chi connectivity index (χ4v) is 4.53. The molecule has 2 aromatic rings. The van der Waals surface area contributed by atoms with Crippen LogP contribution in [0, 0.1) is 0 Å². The van der Waals surface area contributed by atoms with Crippen molar-refractivity contribution in [3.8, 4) is 23.0 Å². The quantitative estimate of drug-likeness (QED) is 0.691. The Bertz CT molecular complexity index is 1090. The molecule has 0 aromatic heterocycles. The van der Waals surface area contributed by atoms with E-state index in [-0.39, 0.29) is 18.5 Å². The average Bonchev–Trinajstić information content (AvgIpc) is 3.22. The van der Waals surface area contributed by atoms with E-state index in [2.05, 4.69) is 0 Å². The third-order valence-corrected chi connectivity index (χ3v) is 6.33. The van der Waals surface area contributed by atoms with Crippen molar-refractivity contribution in [1.82, 2.24) is 9.80 Å². The molecule has 3 amide bonds. The summed E-state index contributed by atoms with van der Waals surface area (Å²) in [5.74, 6) is 2.60. The Morgan fingerprint density at radius 3 is 2.42 bits per heavy atom. The van der Waals surface area contributed by atoms with Gasteiger partial charge in [-0.1, -0.05) is 0 Å². The summed E-state index contributed by atoms with van der Waals surface area (Å²) in [6.07, 6.45) is 0.735. The standard InChI is InChI=1S/C24H27N3O6/c1-30-20-11-16-5-6-25(14-17(16)12-21(20)31-2)23(28)15-26-7-8-27(24(26)29)18-3-4-19-22(13-18)33-10-9-32-19/h3-4,11-13H,5-10,14-15H2,1-2H3. The maximum atomic E-state index is 13.0. The van der Waals surface area contributed by atoms with Gasteiger partial charge in [0.05, 0.1) is 14.2 Å². The number of hydrogen-bond donors (Lipinski definition) is 0. The number of nitrogens with zero attached hydrogens (tertiary/aromatic N) is 3. The molecule has 3 aliphatic heterocycles. The molecule has 0 radical (unpaired) electrons. The SMILES string of the molecule is COc1cc2c(cc1OC)CN(C(=O)CN1CCN(c3ccc4c(c3)OCCO4)C1=O)CC2. The number of rotatable bonds is 5. The highest BCUT2D eigenvalue weighted by Gasteiger charge is 2.33. The Morgan fingerprint density at radius 2 is 1.67 bits per heavy atom. The smallest absolute Gasteiger partial charge is 0.325 e. The maximum Gasteiger partial charge on any atom is 0.325 e. The number of ether oxygens (including phenoxy) is 4. The van der Waals surface area contributed by atoms with Crippen LogP contribution in [0.25, 0.3) is 0 Å². The van der Waals surface area contributed by atoms with E-state index in [0.29, 0.717) is 62.4 Å². The lowest BCUT2D eigenvalue weighted by atomic mass is 9.98. The van der Waals surface area contributed by atoms with Crippen LogP contribution in [0.3, 0.4) is 0 Å². The van der Waals surface area contributed by atoms with Gasteiger partial charge in [-0.15, -0.1) is 0 Å². The number of methoxy groups -OCH3 is 2. The lowest BCUT2D eigenvalue weighted by Gasteiger charge is -2.31. The number of anilines is 1. The first-order valence-corrected chi connectivity index (χ1v) is 11.0. The molecular weight excluding hydrogens is 426 g/mol. The van der Waals surface area contributed by atoms with Crippen LogP contribution in [-0.2, 0) is 17.8 Å². The molecule has 33 heavy (non-hydrogen) atoms. The lowest BCUT2D eigenvalue weighted by Crippen LogP contribution is -2.44. The van der Waals surface area contributed by atoms with Gasteiger partial charge in [-0.05, 0) is 41.8 Å². The zero-order valence-electron chi connectivity index (χ0n) is 18.8. The van der Waals surface area contributed by atoms with Crippen molar-refractivity contribution >= 4 is 17.6 Å². The van der Waals surface area contributed by atoms with Crippen molar-refractivity contribution in [3.05, 3.63) is 41.5 Å². The van der Waals surface area contributed by atoms with E-state index in [1.54, 1.807) is 28.9 Å².